The molecule has 8 N–H and O–H groups in total. The van der Waals surface area contributed by atoms with Gasteiger partial charge < -0.3 is 27.0 Å². The zero-order valence-corrected chi connectivity index (χ0v) is 25.8. The van der Waals surface area contributed by atoms with Crippen LogP contribution in [0.1, 0.15) is 90.9 Å². The molecule has 3 amide bonds. The fourth-order valence-electron chi connectivity index (χ4n) is 5.47. The maximum Gasteiger partial charge on any atom is 0.330 e. The van der Waals surface area contributed by atoms with Crippen molar-refractivity contribution in [2.45, 2.75) is 103 Å². The highest BCUT2D eigenvalue weighted by Crippen LogP contribution is 2.37. The molecule has 0 radical (unpaired) electrons. The number of fused-ring (bicyclic) bond motifs is 1. The molecule has 10 heteroatoms. The highest BCUT2D eigenvalue weighted by Gasteiger charge is 2.24. The van der Waals surface area contributed by atoms with Gasteiger partial charge in [0, 0.05) is 5.57 Å². The van der Waals surface area contributed by atoms with Crippen LogP contribution >= 0.6 is 0 Å². The van der Waals surface area contributed by atoms with Crippen LogP contribution in [0.3, 0.4) is 0 Å². The number of hydrogen-bond donors (Lipinski definition) is 6. The van der Waals surface area contributed by atoms with Crippen LogP contribution in [-0.4, -0.2) is 52.8 Å². The van der Waals surface area contributed by atoms with E-state index in [2.05, 4.69) is 41.5 Å². The minimum absolute atomic E-state index is 0.0496. The summed E-state index contributed by atoms with van der Waals surface area (Å²) >= 11 is 0. The average molecular weight is 598 g/mol. The van der Waals surface area contributed by atoms with Gasteiger partial charge in [-0.25, -0.2) is 14.6 Å². The van der Waals surface area contributed by atoms with Crippen molar-refractivity contribution in [2.24, 2.45) is 28.3 Å². The quantitative estimate of drug-likeness (QED) is 0.0459. The van der Waals surface area contributed by atoms with Crippen molar-refractivity contribution in [2.75, 3.05) is 6.54 Å². The number of allylic oxidation sites excluding steroid dienone is 7. The Hall–Kier alpha value is -3.66. The number of guanidine groups is 1. The first kappa shape index (κ1) is 35.5. The molecule has 4 atom stereocenters. The smallest absolute Gasteiger partial charge is 0.330 e. The molecule has 0 aromatic carbocycles. The number of urea groups is 1. The highest BCUT2D eigenvalue weighted by molar-refractivity contribution is 6.04. The molecule has 2 rings (SSSR count). The predicted octanol–water partition coefficient (Wildman–Crippen LogP) is 4.77. The molecule has 0 fully saturated rings. The second kappa shape index (κ2) is 19.5. The summed E-state index contributed by atoms with van der Waals surface area (Å²) in [6, 6.07) is -2.13. The average Bonchev–Trinajstić information content (AvgIpc) is 2.97. The summed E-state index contributed by atoms with van der Waals surface area (Å²) in [7, 11) is 0. The summed E-state index contributed by atoms with van der Waals surface area (Å²) in [5.74, 6) is -0.786. The van der Waals surface area contributed by atoms with Crippen molar-refractivity contribution in [3.63, 3.8) is 0 Å². The van der Waals surface area contributed by atoms with Crippen molar-refractivity contribution >= 4 is 23.9 Å². The van der Waals surface area contributed by atoms with Gasteiger partial charge in [-0.2, -0.15) is 0 Å². The number of aliphatic imine (C=N–C) groups is 1. The fraction of sp³-hybridized carbons (Fsp3) is 0.576. The third-order valence-electron chi connectivity index (χ3n) is 7.85. The van der Waals surface area contributed by atoms with E-state index in [0.717, 1.165) is 56.9 Å². The Bertz CT molecular complexity index is 1120. The number of carbonyl (C=O) groups excluding carboxylic acids is 2. The van der Waals surface area contributed by atoms with Crippen LogP contribution in [0.15, 0.2) is 64.2 Å². The second-order valence-electron chi connectivity index (χ2n) is 11.4. The lowest BCUT2D eigenvalue weighted by atomic mass is 9.75. The lowest BCUT2D eigenvalue weighted by Gasteiger charge is -2.30. The number of nitrogens with one attached hydrogen (secondary N) is 2. The molecule has 2 aliphatic rings. The van der Waals surface area contributed by atoms with Crippen molar-refractivity contribution in [1.82, 2.24) is 10.6 Å². The number of unbranched alkanes of at least 4 members (excludes halogenated alkanes) is 3. The summed E-state index contributed by atoms with van der Waals surface area (Å²) in [6.45, 7) is 3.97. The molecule has 0 aromatic rings. The molecule has 0 spiro atoms. The van der Waals surface area contributed by atoms with Crippen LogP contribution in [0.4, 0.5) is 4.79 Å². The van der Waals surface area contributed by atoms with Gasteiger partial charge >= 0.3 is 12.0 Å². The van der Waals surface area contributed by atoms with Crippen molar-refractivity contribution in [1.29, 1.82) is 0 Å². The Labute approximate surface area is 256 Å². The molecule has 43 heavy (non-hydrogen) atoms. The molecule has 2 aliphatic carbocycles. The standard InChI is InChI=1S/C33H51N5O5/c1-3-5-7-11-23(12-10-13-24-17-18-25-14-8-9-15-26(25)21-24)22-28(31(41)42)37-32(34)36-20-19-27(29(39)16-6-4-2)30(40)38-33(35)43/h8,10,12,14,18-19,22,24,26,28-29,39H,3-7,9,11,13,15-17,20-21H2,1-2H3,(H,41,42)(H3,34,36,37)(H3,35,38,40,43)/b12-10+,23-22-,27-19-. The molecule has 0 aromatic heterocycles. The van der Waals surface area contributed by atoms with E-state index in [4.69, 9.17) is 11.5 Å². The Kier molecular flexibility index (Phi) is 16.1. The summed E-state index contributed by atoms with van der Waals surface area (Å²) in [5.41, 5.74) is 13.4. The van der Waals surface area contributed by atoms with Crippen LogP contribution in [-0.2, 0) is 9.59 Å². The van der Waals surface area contributed by atoms with Gasteiger partial charge in [-0.3, -0.25) is 10.1 Å². The molecular formula is C33H51N5O5. The molecular weight excluding hydrogens is 546 g/mol. The SMILES string of the molecule is CCCCCC(=C/C(NC(N)=NC/C=C(\C(=O)NC(N)=O)C(O)CCCC)C(=O)O)/C=C/CC1CC=C2C=CCCC2C1. The van der Waals surface area contributed by atoms with Crippen molar-refractivity contribution < 1.29 is 24.6 Å². The molecule has 0 heterocycles. The number of carboxylic acids is 1. The molecule has 0 bridgehead atoms. The number of aliphatic hydroxyl groups excluding tert-OH is 1. The van der Waals surface area contributed by atoms with Gasteiger partial charge in [0.2, 0.25) is 0 Å². The van der Waals surface area contributed by atoms with Gasteiger partial charge in [0.05, 0.1) is 12.6 Å². The highest BCUT2D eigenvalue weighted by atomic mass is 16.4. The van der Waals surface area contributed by atoms with E-state index in [-0.39, 0.29) is 18.1 Å². The number of aliphatic hydroxyl groups is 1. The lowest BCUT2D eigenvalue weighted by Crippen LogP contribution is -2.43. The summed E-state index contributed by atoms with van der Waals surface area (Å²) < 4.78 is 0. The molecule has 0 aliphatic heterocycles. The second-order valence-corrected chi connectivity index (χ2v) is 11.4. The predicted molar refractivity (Wildman–Crippen MR) is 171 cm³/mol. The first-order chi connectivity index (χ1) is 20.6. The van der Waals surface area contributed by atoms with E-state index in [1.165, 1.54) is 24.5 Å². The Balaban J connectivity index is 2.11. The van der Waals surface area contributed by atoms with E-state index in [1.54, 1.807) is 6.08 Å². The summed E-state index contributed by atoms with van der Waals surface area (Å²) in [4.78, 5) is 39.7. The molecule has 4 unspecified atom stereocenters. The molecule has 0 saturated heterocycles. The number of nitrogens with two attached hydrogens (primary N) is 2. The third kappa shape index (κ3) is 13.5. The minimum atomic E-state index is -1.11. The zero-order chi connectivity index (χ0) is 31.6. The minimum Gasteiger partial charge on any atom is -0.479 e. The lowest BCUT2D eigenvalue weighted by molar-refractivity contribution is -0.137. The number of imide groups is 1. The topological polar surface area (TPSA) is 180 Å². The van der Waals surface area contributed by atoms with E-state index in [9.17, 15) is 24.6 Å². The van der Waals surface area contributed by atoms with E-state index in [1.807, 2.05) is 18.3 Å². The van der Waals surface area contributed by atoms with Crippen LogP contribution < -0.4 is 22.1 Å². The van der Waals surface area contributed by atoms with Crippen LogP contribution in [0.2, 0.25) is 0 Å². The first-order valence-electron chi connectivity index (χ1n) is 15.7. The number of primary amides is 1. The number of hydrogen-bond acceptors (Lipinski definition) is 5. The summed E-state index contributed by atoms with van der Waals surface area (Å²) in [6.07, 6.45) is 24.3. The fourth-order valence-corrected chi connectivity index (χ4v) is 5.47. The Morgan fingerprint density at radius 3 is 2.63 bits per heavy atom. The Morgan fingerprint density at radius 2 is 1.93 bits per heavy atom. The van der Waals surface area contributed by atoms with Gasteiger partial charge in [0.1, 0.15) is 6.04 Å². The normalized spacial score (nSPS) is 20.7. The van der Waals surface area contributed by atoms with Gasteiger partial charge in [-0.1, -0.05) is 76.0 Å². The van der Waals surface area contributed by atoms with Gasteiger partial charge in [-0.05, 0) is 80.4 Å². The molecule has 0 saturated carbocycles. The number of amides is 3. The largest absolute Gasteiger partial charge is 0.479 e. The molecule has 238 valence electrons. The Morgan fingerprint density at radius 1 is 1.16 bits per heavy atom. The van der Waals surface area contributed by atoms with Crippen molar-refractivity contribution in [3.05, 3.63) is 59.3 Å². The number of carbonyl (C=O) groups is 3. The number of carboxylic acid groups (broad SMARTS) is 1. The van der Waals surface area contributed by atoms with Crippen LogP contribution in [0.5, 0.6) is 0 Å². The zero-order valence-electron chi connectivity index (χ0n) is 25.8. The summed E-state index contributed by atoms with van der Waals surface area (Å²) in [5, 5.41) is 25.0. The number of rotatable bonds is 17. The van der Waals surface area contributed by atoms with E-state index in [0.29, 0.717) is 24.7 Å². The van der Waals surface area contributed by atoms with Gasteiger partial charge in [-0.15, -0.1) is 0 Å². The maximum absolute atomic E-state index is 12.3. The number of nitrogens with zero attached hydrogens (tertiary/aromatic N) is 1. The van der Waals surface area contributed by atoms with Gasteiger partial charge in [0.25, 0.3) is 5.91 Å². The number of aliphatic carboxylic acids is 1. The van der Waals surface area contributed by atoms with E-state index >= 15 is 0 Å². The maximum atomic E-state index is 12.3. The van der Waals surface area contributed by atoms with Crippen LogP contribution in [0.25, 0.3) is 0 Å². The molecule has 10 nitrogen and oxygen atoms in total. The monoisotopic (exact) mass is 597 g/mol. The van der Waals surface area contributed by atoms with E-state index < -0.39 is 30.1 Å². The van der Waals surface area contributed by atoms with Gasteiger partial charge in [0.15, 0.2) is 5.96 Å². The third-order valence-corrected chi connectivity index (χ3v) is 7.85. The first-order valence-corrected chi connectivity index (χ1v) is 15.7. The van der Waals surface area contributed by atoms with Crippen molar-refractivity contribution in [3.8, 4) is 0 Å². The van der Waals surface area contributed by atoms with Crippen LogP contribution in [0, 0.1) is 11.8 Å².